The Kier molecular flexibility index (Phi) is 8.25. The molecule has 0 radical (unpaired) electrons. The van der Waals surface area contributed by atoms with Gasteiger partial charge in [0.1, 0.15) is 5.56 Å². The van der Waals surface area contributed by atoms with Crippen LogP contribution in [0.5, 0.6) is 5.88 Å². The molecule has 6 rings (SSSR count). The maximum absolute atomic E-state index is 13.1. The summed E-state index contributed by atoms with van der Waals surface area (Å²) in [7, 11) is 4.36. The highest BCUT2D eigenvalue weighted by Gasteiger charge is 2.35. The third-order valence-electron chi connectivity index (χ3n) is 8.33. The molecule has 1 atom stereocenters. The highest BCUT2D eigenvalue weighted by atomic mass is 35.5. The quantitative estimate of drug-likeness (QED) is 0.326. The molecule has 2 amide bonds. The number of piperazine rings is 1. The SMILES string of the molecule is COc1nc(-c2cccc(-c3cccc(NC(=O)c4cn(C)c(=O)n(C)c4=O)c3Cl)c2Cl)cc2c1C(N1CCNC(=O)C1)CC2. The number of rotatable bonds is 6. The maximum atomic E-state index is 13.1. The van der Waals surface area contributed by atoms with Crippen LogP contribution < -0.4 is 26.6 Å². The minimum atomic E-state index is -0.719. The van der Waals surface area contributed by atoms with Crippen LogP contribution in [-0.2, 0) is 25.3 Å². The van der Waals surface area contributed by atoms with Crippen molar-refractivity contribution in [1.82, 2.24) is 24.3 Å². The highest BCUT2D eigenvalue weighted by molar-refractivity contribution is 6.39. The molecule has 1 aliphatic carbocycles. The van der Waals surface area contributed by atoms with Gasteiger partial charge in [0.15, 0.2) is 0 Å². The fourth-order valence-electron chi connectivity index (χ4n) is 6.09. The Morgan fingerprint density at radius 3 is 2.49 bits per heavy atom. The van der Waals surface area contributed by atoms with Gasteiger partial charge in [-0.3, -0.25) is 23.9 Å². The number of hydrogen-bond donors (Lipinski definition) is 2. The number of fused-ring (bicyclic) bond motifs is 1. The van der Waals surface area contributed by atoms with Crippen LogP contribution in [0.1, 0.15) is 33.9 Å². The Hall–Kier alpha value is -4.45. The summed E-state index contributed by atoms with van der Waals surface area (Å²) in [5.41, 5.74) is 3.40. The number of halogens is 2. The van der Waals surface area contributed by atoms with E-state index in [2.05, 4.69) is 15.5 Å². The number of hydrogen-bond acceptors (Lipinski definition) is 7. The highest BCUT2D eigenvalue weighted by Crippen LogP contribution is 2.45. The van der Waals surface area contributed by atoms with Crippen LogP contribution in [-0.4, -0.2) is 57.6 Å². The monoisotopic (exact) mass is 648 g/mol. The van der Waals surface area contributed by atoms with Gasteiger partial charge in [-0.2, -0.15) is 0 Å². The van der Waals surface area contributed by atoms with Gasteiger partial charge >= 0.3 is 5.69 Å². The fraction of sp³-hybridized carbons (Fsp3) is 0.281. The van der Waals surface area contributed by atoms with Crippen LogP contribution in [0.4, 0.5) is 5.69 Å². The minimum Gasteiger partial charge on any atom is -0.481 e. The van der Waals surface area contributed by atoms with Gasteiger partial charge in [-0.25, -0.2) is 9.78 Å². The second kappa shape index (κ2) is 12.2. The predicted octanol–water partition coefficient (Wildman–Crippen LogP) is 3.80. The third-order valence-corrected chi connectivity index (χ3v) is 9.15. The molecule has 232 valence electrons. The lowest BCUT2D eigenvalue weighted by Gasteiger charge is -2.32. The molecule has 1 fully saturated rings. The van der Waals surface area contributed by atoms with Crippen LogP contribution in [0.15, 0.2) is 58.3 Å². The zero-order chi connectivity index (χ0) is 32.0. The molecule has 2 aromatic carbocycles. The van der Waals surface area contributed by atoms with E-state index in [0.29, 0.717) is 46.4 Å². The third kappa shape index (κ3) is 5.52. The van der Waals surface area contributed by atoms with E-state index in [1.54, 1.807) is 25.3 Å². The average molecular weight is 650 g/mol. The van der Waals surface area contributed by atoms with Crippen LogP contribution in [0, 0.1) is 0 Å². The van der Waals surface area contributed by atoms with Crippen molar-refractivity contribution in [2.45, 2.75) is 18.9 Å². The van der Waals surface area contributed by atoms with Crippen LogP contribution in [0.3, 0.4) is 0 Å². The van der Waals surface area contributed by atoms with Crippen molar-refractivity contribution in [1.29, 1.82) is 0 Å². The van der Waals surface area contributed by atoms with Crippen molar-refractivity contribution in [3.63, 3.8) is 0 Å². The van der Waals surface area contributed by atoms with E-state index in [4.69, 9.17) is 32.9 Å². The zero-order valence-electron chi connectivity index (χ0n) is 24.8. The van der Waals surface area contributed by atoms with E-state index < -0.39 is 17.2 Å². The lowest BCUT2D eigenvalue weighted by Crippen LogP contribution is -2.48. The molecule has 0 saturated carbocycles. The number of amides is 2. The average Bonchev–Trinajstić information content (AvgIpc) is 3.47. The van der Waals surface area contributed by atoms with E-state index in [-0.39, 0.29) is 28.2 Å². The van der Waals surface area contributed by atoms with Crippen molar-refractivity contribution in [3.05, 3.63) is 96.2 Å². The summed E-state index contributed by atoms with van der Waals surface area (Å²) in [4.78, 5) is 56.8. The normalized spacial score (nSPS) is 16.3. The summed E-state index contributed by atoms with van der Waals surface area (Å²) in [5.74, 6) is -0.187. The molecular formula is C32H30Cl2N6O5. The second-order valence-electron chi connectivity index (χ2n) is 11.1. The number of nitrogens with one attached hydrogen (secondary N) is 2. The van der Waals surface area contributed by atoms with Gasteiger partial charge < -0.3 is 19.9 Å². The van der Waals surface area contributed by atoms with Gasteiger partial charge in [-0.1, -0.05) is 53.5 Å². The van der Waals surface area contributed by atoms with E-state index in [9.17, 15) is 19.2 Å². The molecule has 11 nitrogen and oxygen atoms in total. The summed E-state index contributed by atoms with van der Waals surface area (Å²) in [6.07, 6.45) is 2.87. The topological polar surface area (TPSA) is 128 Å². The van der Waals surface area contributed by atoms with Crippen LogP contribution in [0.25, 0.3) is 22.4 Å². The van der Waals surface area contributed by atoms with Gasteiger partial charge in [0.05, 0.1) is 35.1 Å². The molecule has 0 spiro atoms. The number of anilines is 1. The van der Waals surface area contributed by atoms with E-state index in [1.165, 1.54) is 20.3 Å². The first-order valence-corrected chi connectivity index (χ1v) is 15.1. The number of ether oxygens (including phenoxy) is 1. The lowest BCUT2D eigenvalue weighted by molar-refractivity contribution is -0.124. The van der Waals surface area contributed by atoms with E-state index in [0.717, 1.165) is 39.6 Å². The van der Waals surface area contributed by atoms with Gasteiger partial charge in [-0.05, 0) is 30.5 Å². The van der Waals surface area contributed by atoms with Crippen molar-refractivity contribution in [2.75, 3.05) is 32.1 Å². The van der Waals surface area contributed by atoms with Gasteiger partial charge in [0.25, 0.3) is 11.5 Å². The predicted molar refractivity (Wildman–Crippen MR) is 172 cm³/mol. The number of aromatic nitrogens is 3. The Morgan fingerprint density at radius 2 is 1.76 bits per heavy atom. The largest absolute Gasteiger partial charge is 0.481 e. The molecule has 4 aromatic rings. The molecule has 13 heteroatoms. The van der Waals surface area contributed by atoms with Gasteiger partial charge in [0.2, 0.25) is 11.8 Å². The van der Waals surface area contributed by atoms with Gasteiger partial charge in [0, 0.05) is 61.7 Å². The standard InChI is InChI=1S/C32H30Cl2N6O5/c1-38-15-21(31(43)39(2)32(38)44)29(42)36-22-9-5-7-19(28(22)34)18-6-4-8-20(27(18)33)23-14-17-10-11-24(26(17)30(37-23)45-3)40-13-12-35-25(41)16-40/h4-9,14-15,24H,10-13,16H2,1-3H3,(H,35,41)(H,36,42). The minimum absolute atomic E-state index is 0.0143. The molecule has 1 aliphatic heterocycles. The summed E-state index contributed by atoms with van der Waals surface area (Å²) < 4.78 is 7.80. The van der Waals surface area contributed by atoms with Crippen LogP contribution >= 0.6 is 23.2 Å². The van der Waals surface area contributed by atoms with E-state index >= 15 is 0 Å². The molecule has 2 aromatic heterocycles. The number of carbonyl (C=O) groups excluding carboxylic acids is 2. The van der Waals surface area contributed by atoms with Crippen molar-refractivity contribution in [2.24, 2.45) is 14.1 Å². The zero-order valence-corrected chi connectivity index (χ0v) is 26.3. The maximum Gasteiger partial charge on any atom is 0.330 e. The van der Waals surface area contributed by atoms with Crippen molar-refractivity contribution >= 4 is 40.7 Å². The first kappa shape index (κ1) is 30.6. The lowest BCUT2D eigenvalue weighted by atomic mass is 9.99. The molecule has 1 saturated heterocycles. The Balaban J connectivity index is 1.34. The molecule has 2 N–H and O–H groups in total. The molecule has 0 bridgehead atoms. The first-order chi connectivity index (χ1) is 21.6. The van der Waals surface area contributed by atoms with Crippen molar-refractivity contribution in [3.8, 4) is 28.3 Å². The summed E-state index contributed by atoms with van der Waals surface area (Å²) >= 11 is 13.8. The summed E-state index contributed by atoms with van der Waals surface area (Å²) in [5, 5.41) is 6.20. The molecule has 2 aliphatic rings. The smallest absolute Gasteiger partial charge is 0.330 e. The molecular weight excluding hydrogens is 619 g/mol. The number of aryl methyl sites for hydroxylation is 2. The number of methoxy groups -OCH3 is 1. The Bertz CT molecular complexity index is 1990. The van der Waals surface area contributed by atoms with E-state index in [1.807, 2.05) is 24.3 Å². The summed E-state index contributed by atoms with van der Waals surface area (Å²) in [6, 6.07) is 12.7. The molecule has 45 heavy (non-hydrogen) atoms. The molecule has 1 unspecified atom stereocenters. The number of carbonyl (C=O) groups is 2. The van der Waals surface area contributed by atoms with Gasteiger partial charge in [-0.15, -0.1) is 0 Å². The molecule has 3 heterocycles. The number of pyridine rings is 1. The Morgan fingerprint density at radius 1 is 1.04 bits per heavy atom. The number of nitrogens with zero attached hydrogens (tertiary/aromatic N) is 4. The van der Waals surface area contributed by atoms with Crippen LogP contribution in [0.2, 0.25) is 10.0 Å². The first-order valence-electron chi connectivity index (χ1n) is 14.3. The fourth-order valence-corrected chi connectivity index (χ4v) is 6.69. The Labute approximate surface area is 268 Å². The number of benzene rings is 2. The second-order valence-corrected chi connectivity index (χ2v) is 11.8. The van der Waals surface area contributed by atoms with Crippen molar-refractivity contribution < 1.29 is 14.3 Å². The summed E-state index contributed by atoms with van der Waals surface area (Å²) in [6.45, 7) is 1.71.